The van der Waals surface area contributed by atoms with Crippen LogP contribution in [0.3, 0.4) is 0 Å². The van der Waals surface area contributed by atoms with E-state index in [2.05, 4.69) is 10.9 Å². The van der Waals surface area contributed by atoms with Gasteiger partial charge in [-0.1, -0.05) is 29.3 Å². The fourth-order valence-electron chi connectivity index (χ4n) is 0.741. The maximum absolute atomic E-state index is 10.4. The number of urea groups is 1. The van der Waals surface area contributed by atoms with Crippen molar-refractivity contribution in [3.05, 3.63) is 28.2 Å². The van der Waals surface area contributed by atoms with Crippen LogP contribution < -0.4 is 16.6 Å². The minimum Gasteiger partial charge on any atom is -0.350 e. The van der Waals surface area contributed by atoms with Crippen molar-refractivity contribution in [1.82, 2.24) is 5.43 Å². The lowest BCUT2D eigenvalue weighted by Crippen LogP contribution is -2.34. The minimum atomic E-state index is -0.712. The molecule has 4 N–H and O–H groups in total. The number of anilines is 1. The summed E-state index contributed by atoms with van der Waals surface area (Å²) in [6.07, 6.45) is 0. The van der Waals surface area contributed by atoms with Crippen molar-refractivity contribution < 1.29 is 4.79 Å². The predicted octanol–water partition coefficient (Wildman–Crippen LogP) is 1.99. The summed E-state index contributed by atoms with van der Waals surface area (Å²) in [5, 5.41) is 0.808. The van der Waals surface area contributed by atoms with Gasteiger partial charge in [0.1, 0.15) is 0 Å². The Morgan fingerprint density at radius 3 is 2.31 bits per heavy atom. The van der Waals surface area contributed by atoms with E-state index in [1.165, 1.54) is 0 Å². The summed E-state index contributed by atoms with van der Waals surface area (Å²) >= 11 is 11.5. The second-order valence-electron chi connectivity index (χ2n) is 2.21. The molecule has 0 heterocycles. The normalized spacial score (nSPS) is 9.38. The quantitative estimate of drug-likeness (QED) is 0.667. The van der Waals surface area contributed by atoms with E-state index in [-0.39, 0.29) is 0 Å². The molecule has 2 amide bonds. The molecular weight excluding hydrogens is 213 g/mol. The van der Waals surface area contributed by atoms with Crippen LogP contribution in [0.4, 0.5) is 10.5 Å². The van der Waals surface area contributed by atoms with Crippen molar-refractivity contribution >= 4 is 34.9 Å². The Kier molecular flexibility index (Phi) is 3.22. The first-order chi connectivity index (χ1) is 6.11. The summed E-state index contributed by atoms with van der Waals surface area (Å²) in [6, 6.07) is 4.26. The smallest absolute Gasteiger partial charge is 0.330 e. The number of para-hydroxylation sites is 1. The van der Waals surface area contributed by atoms with Crippen LogP contribution in [0.15, 0.2) is 18.2 Å². The summed E-state index contributed by atoms with van der Waals surface area (Å²) < 4.78 is 0. The summed E-state index contributed by atoms with van der Waals surface area (Å²) in [5.74, 6) is 0. The van der Waals surface area contributed by atoms with Gasteiger partial charge in [-0.05, 0) is 12.1 Å². The summed E-state index contributed by atoms with van der Waals surface area (Å²) in [4.78, 5) is 10.4. The molecule has 0 radical (unpaired) electrons. The number of benzene rings is 1. The molecule has 0 saturated heterocycles. The van der Waals surface area contributed by atoms with Gasteiger partial charge < -0.3 is 5.73 Å². The lowest BCUT2D eigenvalue weighted by atomic mass is 10.3. The molecule has 0 aliphatic heterocycles. The monoisotopic (exact) mass is 219 g/mol. The first kappa shape index (κ1) is 9.95. The number of amides is 2. The van der Waals surface area contributed by atoms with Crippen LogP contribution in [-0.4, -0.2) is 6.03 Å². The summed E-state index contributed by atoms with van der Waals surface area (Å²) in [6.45, 7) is 0. The molecule has 0 aliphatic carbocycles. The van der Waals surface area contributed by atoms with Gasteiger partial charge in [0.25, 0.3) is 0 Å². The van der Waals surface area contributed by atoms with Gasteiger partial charge in [-0.2, -0.15) is 0 Å². The number of nitrogens with two attached hydrogens (primary N) is 1. The number of hydrogen-bond acceptors (Lipinski definition) is 2. The molecule has 13 heavy (non-hydrogen) atoms. The average Bonchev–Trinajstić information content (AvgIpc) is 2.03. The van der Waals surface area contributed by atoms with Crippen LogP contribution in [0.2, 0.25) is 10.0 Å². The number of rotatable bonds is 2. The van der Waals surface area contributed by atoms with Crippen LogP contribution >= 0.6 is 23.2 Å². The molecule has 6 heteroatoms. The van der Waals surface area contributed by atoms with E-state index in [9.17, 15) is 4.79 Å². The van der Waals surface area contributed by atoms with E-state index in [0.717, 1.165) is 0 Å². The van der Waals surface area contributed by atoms with Crippen molar-refractivity contribution in [2.75, 3.05) is 5.43 Å². The van der Waals surface area contributed by atoms with Gasteiger partial charge in [0, 0.05) is 0 Å². The molecule has 1 rings (SSSR count). The van der Waals surface area contributed by atoms with Gasteiger partial charge in [0.05, 0.1) is 15.7 Å². The zero-order valence-electron chi connectivity index (χ0n) is 6.47. The second kappa shape index (κ2) is 4.20. The Balaban J connectivity index is 2.81. The molecule has 0 saturated carbocycles. The third-order valence-electron chi connectivity index (χ3n) is 1.27. The zero-order chi connectivity index (χ0) is 9.84. The first-order valence-electron chi connectivity index (χ1n) is 3.36. The zero-order valence-corrected chi connectivity index (χ0v) is 7.99. The molecule has 70 valence electrons. The fourth-order valence-corrected chi connectivity index (χ4v) is 1.23. The molecule has 1 aromatic rings. The SMILES string of the molecule is NC(=O)NNc1c(Cl)cccc1Cl. The van der Waals surface area contributed by atoms with Crippen molar-refractivity contribution in [1.29, 1.82) is 0 Å². The third-order valence-corrected chi connectivity index (χ3v) is 1.90. The highest BCUT2D eigenvalue weighted by Gasteiger charge is 2.04. The molecule has 0 unspecified atom stereocenters. The fraction of sp³-hybridized carbons (Fsp3) is 0. The van der Waals surface area contributed by atoms with Gasteiger partial charge in [-0.15, -0.1) is 0 Å². The van der Waals surface area contributed by atoms with Crippen LogP contribution in [0, 0.1) is 0 Å². The highest BCUT2D eigenvalue weighted by molar-refractivity contribution is 6.39. The van der Waals surface area contributed by atoms with Crippen molar-refractivity contribution in [3.8, 4) is 0 Å². The van der Waals surface area contributed by atoms with Gasteiger partial charge in [-0.3, -0.25) is 10.9 Å². The van der Waals surface area contributed by atoms with E-state index in [1.807, 2.05) is 0 Å². The Morgan fingerprint density at radius 2 is 1.85 bits per heavy atom. The van der Waals surface area contributed by atoms with Gasteiger partial charge in [-0.25, -0.2) is 4.79 Å². The van der Waals surface area contributed by atoms with E-state index in [0.29, 0.717) is 15.7 Å². The number of hydrogen-bond donors (Lipinski definition) is 3. The lowest BCUT2D eigenvalue weighted by Gasteiger charge is -2.09. The maximum atomic E-state index is 10.4. The molecule has 0 atom stereocenters. The molecule has 0 bridgehead atoms. The second-order valence-corrected chi connectivity index (χ2v) is 3.03. The third kappa shape index (κ3) is 2.68. The molecule has 0 aliphatic rings. The topological polar surface area (TPSA) is 67.2 Å². The minimum absolute atomic E-state index is 0.404. The van der Waals surface area contributed by atoms with Crippen LogP contribution in [0.5, 0.6) is 0 Å². The molecule has 0 aromatic heterocycles. The highest BCUT2D eigenvalue weighted by Crippen LogP contribution is 2.28. The Labute approximate surface area is 85.0 Å². The van der Waals surface area contributed by atoms with Crippen molar-refractivity contribution in [2.24, 2.45) is 5.73 Å². The Morgan fingerprint density at radius 1 is 1.31 bits per heavy atom. The van der Waals surface area contributed by atoms with Gasteiger partial charge in [0.2, 0.25) is 0 Å². The van der Waals surface area contributed by atoms with E-state index >= 15 is 0 Å². The first-order valence-corrected chi connectivity index (χ1v) is 4.12. The number of halogens is 2. The predicted molar refractivity (Wildman–Crippen MR) is 52.8 cm³/mol. The van der Waals surface area contributed by atoms with Crippen molar-refractivity contribution in [3.63, 3.8) is 0 Å². The van der Waals surface area contributed by atoms with Gasteiger partial charge in [0.15, 0.2) is 0 Å². The summed E-state index contributed by atoms with van der Waals surface area (Å²) in [5.41, 5.74) is 9.92. The van der Waals surface area contributed by atoms with Gasteiger partial charge >= 0.3 is 6.03 Å². The molecule has 0 fully saturated rings. The standard InChI is InChI=1S/C7H7Cl2N3O/c8-4-2-1-3-5(9)6(4)11-12-7(10)13/h1-3,11H,(H3,10,12,13). The highest BCUT2D eigenvalue weighted by atomic mass is 35.5. The molecule has 0 spiro atoms. The van der Waals surface area contributed by atoms with Crippen LogP contribution in [-0.2, 0) is 0 Å². The maximum Gasteiger partial charge on any atom is 0.330 e. The number of nitrogens with one attached hydrogen (secondary N) is 2. The lowest BCUT2D eigenvalue weighted by molar-refractivity contribution is 0.250. The van der Waals surface area contributed by atoms with E-state index in [1.54, 1.807) is 18.2 Å². The van der Waals surface area contributed by atoms with E-state index < -0.39 is 6.03 Å². The van der Waals surface area contributed by atoms with Crippen LogP contribution in [0.1, 0.15) is 0 Å². The molecule has 1 aromatic carbocycles. The molecular formula is C7H7Cl2N3O. The Bertz CT molecular complexity index is 309. The number of carbonyl (C=O) groups is 1. The number of primary amides is 1. The van der Waals surface area contributed by atoms with Crippen LogP contribution in [0.25, 0.3) is 0 Å². The largest absolute Gasteiger partial charge is 0.350 e. The van der Waals surface area contributed by atoms with E-state index in [4.69, 9.17) is 28.9 Å². The number of hydrazine groups is 1. The number of carbonyl (C=O) groups excluding carboxylic acids is 1. The average molecular weight is 220 g/mol. The molecule has 4 nitrogen and oxygen atoms in total. The Hall–Kier alpha value is -1.13. The summed E-state index contributed by atoms with van der Waals surface area (Å²) in [7, 11) is 0. The van der Waals surface area contributed by atoms with Crippen molar-refractivity contribution in [2.45, 2.75) is 0 Å².